The number of benzene rings is 1. The van der Waals surface area contributed by atoms with Crippen molar-refractivity contribution in [3.8, 4) is 0 Å². The normalized spacial score (nSPS) is 25.6. The second-order valence-electron chi connectivity index (χ2n) is 3.64. The highest BCUT2D eigenvalue weighted by Crippen LogP contribution is 2.48. The van der Waals surface area contributed by atoms with Crippen LogP contribution < -0.4 is 0 Å². The van der Waals surface area contributed by atoms with E-state index in [0.29, 0.717) is 0 Å². The summed E-state index contributed by atoms with van der Waals surface area (Å²) in [5.41, 5.74) is 2.41. The van der Waals surface area contributed by atoms with Crippen molar-refractivity contribution in [1.82, 2.24) is 0 Å². The smallest absolute Gasteiger partial charge is 0.307 e. The molecule has 2 atom stereocenters. The summed E-state index contributed by atoms with van der Waals surface area (Å²) in [5.74, 6) is -0.534. The second-order valence-corrected chi connectivity index (χ2v) is 3.64. The summed E-state index contributed by atoms with van der Waals surface area (Å²) in [4.78, 5) is 10.7. The molecule has 1 aromatic carbocycles. The summed E-state index contributed by atoms with van der Waals surface area (Å²) >= 11 is 0. The minimum atomic E-state index is -0.659. The number of rotatable bonds is 2. The minimum absolute atomic E-state index is 0.138. The molecule has 2 rings (SSSR count). The van der Waals surface area contributed by atoms with Crippen molar-refractivity contribution in [3.05, 3.63) is 35.4 Å². The molecule has 0 bridgehead atoms. The van der Waals surface area contributed by atoms with E-state index in [1.165, 1.54) is 11.1 Å². The molecule has 0 saturated heterocycles. The van der Waals surface area contributed by atoms with Gasteiger partial charge in [0.05, 0.1) is 5.92 Å². The van der Waals surface area contributed by atoms with Gasteiger partial charge in [-0.2, -0.15) is 0 Å². The van der Waals surface area contributed by atoms with Crippen LogP contribution in [0.1, 0.15) is 23.5 Å². The van der Waals surface area contributed by atoms with Crippen molar-refractivity contribution in [3.63, 3.8) is 0 Å². The summed E-state index contributed by atoms with van der Waals surface area (Å²) in [6.07, 6.45) is 0.806. The summed E-state index contributed by atoms with van der Waals surface area (Å²) in [6.45, 7) is 2.03. The zero-order valence-electron chi connectivity index (χ0n) is 7.53. The highest BCUT2D eigenvalue weighted by molar-refractivity contribution is 5.75. The molecular formula is C11H12O2. The van der Waals surface area contributed by atoms with E-state index in [-0.39, 0.29) is 11.8 Å². The topological polar surface area (TPSA) is 37.3 Å². The molecule has 1 N–H and O–H groups in total. The fourth-order valence-corrected chi connectivity index (χ4v) is 1.81. The zero-order chi connectivity index (χ0) is 9.42. The van der Waals surface area contributed by atoms with Gasteiger partial charge < -0.3 is 5.11 Å². The largest absolute Gasteiger partial charge is 0.481 e. The maximum absolute atomic E-state index is 10.7. The first-order valence-corrected chi connectivity index (χ1v) is 4.48. The third-order valence-electron chi connectivity index (χ3n) is 2.70. The molecule has 0 amide bonds. The first-order chi connectivity index (χ1) is 6.20. The molecule has 2 nitrogen and oxygen atoms in total. The standard InChI is InChI=1S/C11H12O2/c1-7-4-2-3-5-8(7)9-6-10(9)11(12)13/h2-5,9-10H,6H2,1H3,(H,12,13)/t9-,10+/m1/s1. The van der Waals surface area contributed by atoms with Crippen LogP contribution >= 0.6 is 0 Å². The van der Waals surface area contributed by atoms with Crippen LogP contribution in [0.15, 0.2) is 24.3 Å². The Hall–Kier alpha value is -1.31. The molecule has 0 spiro atoms. The zero-order valence-corrected chi connectivity index (χ0v) is 7.53. The molecule has 1 aliphatic carbocycles. The van der Waals surface area contributed by atoms with E-state index in [1.807, 2.05) is 31.2 Å². The van der Waals surface area contributed by atoms with Crippen molar-refractivity contribution in [2.24, 2.45) is 5.92 Å². The molecule has 2 heteroatoms. The first kappa shape index (κ1) is 8.30. The van der Waals surface area contributed by atoms with Crippen LogP contribution in [0.5, 0.6) is 0 Å². The SMILES string of the molecule is Cc1ccccc1[C@H]1C[C@@H]1C(=O)O. The predicted molar refractivity (Wildman–Crippen MR) is 49.7 cm³/mol. The molecule has 0 heterocycles. The van der Waals surface area contributed by atoms with E-state index >= 15 is 0 Å². The molecule has 13 heavy (non-hydrogen) atoms. The highest BCUT2D eigenvalue weighted by atomic mass is 16.4. The molecule has 1 aliphatic rings. The fourth-order valence-electron chi connectivity index (χ4n) is 1.81. The van der Waals surface area contributed by atoms with Crippen LogP contribution in [-0.4, -0.2) is 11.1 Å². The number of aryl methyl sites for hydroxylation is 1. The summed E-state index contributed by atoms with van der Waals surface area (Å²) in [6, 6.07) is 8.02. The lowest BCUT2D eigenvalue weighted by molar-refractivity contribution is -0.138. The van der Waals surface area contributed by atoms with E-state index in [1.54, 1.807) is 0 Å². The van der Waals surface area contributed by atoms with Gasteiger partial charge >= 0.3 is 5.97 Å². The van der Waals surface area contributed by atoms with Crippen LogP contribution in [0.3, 0.4) is 0 Å². The van der Waals surface area contributed by atoms with Gasteiger partial charge in [-0.15, -0.1) is 0 Å². The fraction of sp³-hybridized carbons (Fsp3) is 0.364. The Bertz CT molecular complexity index is 344. The minimum Gasteiger partial charge on any atom is -0.481 e. The van der Waals surface area contributed by atoms with Crippen molar-refractivity contribution in [2.75, 3.05) is 0 Å². The van der Waals surface area contributed by atoms with E-state index in [0.717, 1.165) is 6.42 Å². The first-order valence-electron chi connectivity index (χ1n) is 4.48. The number of carboxylic acids is 1. The monoisotopic (exact) mass is 176 g/mol. The lowest BCUT2D eigenvalue weighted by Gasteiger charge is -2.02. The highest BCUT2D eigenvalue weighted by Gasteiger charge is 2.44. The Balaban J connectivity index is 2.21. The third kappa shape index (κ3) is 1.44. The van der Waals surface area contributed by atoms with Gasteiger partial charge in [0.25, 0.3) is 0 Å². The van der Waals surface area contributed by atoms with Gasteiger partial charge in [0, 0.05) is 0 Å². The van der Waals surface area contributed by atoms with Gasteiger partial charge in [-0.3, -0.25) is 4.79 Å². The van der Waals surface area contributed by atoms with Crippen LogP contribution in [0, 0.1) is 12.8 Å². The molecule has 0 unspecified atom stereocenters. The Morgan fingerprint density at radius 1 is 1.46 bits per heavy atom. The van der Waals surface area contributed by atoms with Gasteiger partial charge in [0.15, 0.2) is 0 Å². The third-order valence-corrected chi connectivity index (χ3v) is 2.70. The maximum Gasteiger partial charge on any atom is 0.307 e. The van der Waals surface area contributed by atoms with Gasteiger partial charge in [0.1, 0.15) is 0 Å². The van der Waals surface area contributed by atoms with Gasteiger partial charge in [-0.05, 0) is 30.4 Å². The second kappa shape index (κ2) is 2.87. The lowest BCUT2D eigenvalue weighted by atomic mass is 10.0. The lowest BCUT2D eigenvalue weighted by Crippen LogP contribution is -1.99. The molecule has 0 aliphatic heterocycles. The maximum atomic E-state index is 10.7. The van der Waals surface area contributed by atoms with Crippen molar-refractivity contribution in [1.29, 1.82) is 0 Å². The van der Waals surface area contributed by atoms with Gasteiger partial charge in [-0.25, -0.2) is 0 Å². The van der Waals surface area contributed by atoms with Crippen LogP contribution in [0.2, 0.25) is 0 Å². The quantitative estimate of drug-likeness (QED) is 0.749. The molecular weight excluding hydrogens is 164 g/mol. The average molecular weight is 176 g/mol. The number of aliphatic carboxylic acids is 1. The molecule has 1 aromatic rings. The number of hydrogen-bond donors (Lipinski definition) is 1. The van der Waals surface area contributed by atoms with Crippen molar-refractivity contribution < 1.29 is 9.90 Å². The Morgan fingerprint density at radius 3 is 2.69 bits per heavy atom. The van der Waals surface area contributed by atoms with Crippen LogP contribution in [0.25, 0.3) is 0 Å². The summed E-state index contributed by atoms with van der Waals surface area (Å²) in [7, 11) is 0. The predicted octanol–water partition coefficient (Wildman–Crippen LogP) is 2.18. The number of hydrogen-bond acceptors (Lipinski definition) is 1. The molecule has 68 valence electrons. The van der Waals surface area contributed by atoms with E-state index in [4.69, 9.17) is 5.11 Å². The van der Waals surface area contributed by atoms with E-state index in [2.05, 4.69) is 0 Å². The van der Waals surface area contributed by atoms with Crippen LogP contribution in [0.4, 0.5) is 0 Å². The molecule has 1 saturated carbocycles. The van der Waals surface area contributed by atoms with Gasteiger partial charge in [-0.1, -0.05) is 24.3 Å². The number of carbonyl (C=O) groups is 1. The Labute approximate surface area is 77.2 Å². The number of carboxylic acid groups (broad SMARTS) is 1. The summed E-state index contributed by atoms with van der Waals surface area (Å²) in [5, 5.41) is 8.78. The van der Waals surface area contributed by atoms with Crippen molar-refractivity contribution in [2.45, 2.75) is 19.3 Å². The molecule has 1 fully saturated rings. The van der Waals surface area contributed by atoms with E-state index in [9.17, 15) is 4.79 Å². The van der Waals surface area contributed by atoms with E-state index < -0.39 is 5.97 Å². The van der Waals surface area contributed by atoms with Crippen LogP contribution in [-0.2, 0) is 4.79 Å². The average Bonchev–Trinajstić information content (AvgIpc) is 2.84. The Kier molecular flexibility index (Phi) is 1.83. The molecule has 0 aromatic heterocycles. The summed E-state index contributed by atoms with van der Waals surface area (Å²) < 4.78 is 0. The molecule has 0 radical (unpaired) electrons. The van der Waals surface area contributed by atoms with Crippen molar-refractivity contribution >= 4 is 5.97 Å². The Morgan fingerprint density at radius 2 is 2.15 bits per heavy atom. The van der Waals surface area contributed by atoms with Gasteiger partial charge in [0.2, 0.25) is 0 Å².